The van der Waals surface area contributed by atoms with Crippen molar-refractivity contribution in [3.05, 3.63) is 35.9 Å². The van der Waals surface area contributed by atoms with Gasteiger partial charge in [0, 0.05) is 12.1 Å². The number of benzene rings is 1. The van der Waals surface area contributed by atoms with Crippen molar-refractivity contribution in [3.8, 4) is 5.75 Å². The van der Waals surface area contributed by atoms with E-state index in [0.717, 1.165) is 25.3 Å². The lowest BCUT2D eigenvalue weighted by molar-refractivity contribution is 0.413. The Kier molecular flexibility index (Phi) is 4.66. The molecule has 0 atom stereocenters. The molecule has 0 saturated heterocycles. The number of halogens is 1. The molecule has 1 aromatic rings. The van der Waals surface area contributed by atoms with Gasteiger partial charge in [0.05, 0.1) is 7.11 Å². The molecule has 1 N–H and O–H groups in total. The number of nitrogens with one attached hydrogen (secondary N) is 1. The molecule has 0 unspecified atom stereocenters. The van der Waals surface area contributed by atoms with Crippen LogP contribution in [0.5, 0.6) is 5.75 Å². The second-order valence-electron chi connectivity index (χ2n) is 3.40. The van der Waals surface area contributed by atoms with Crippen molar-refractivity contribution >= 4 is 18.0 Å². The Balaban J connectivity index is 0.00000112. The molecule has 2 nitrogen and oxygen atoms in total. The van der Waals surface area contributed by atoms with Gasteiger partial charge in [0.15, 0.2) is 0 Å². The van der Waals surface area contributed by atoms with E-state index in [4.69, 9.17) is 4.74 Å². The van der Waals surface area contributed by atoms with E-state index in [0.29, 0.717) is 0 Å². The van der Waals surface area contributed by atoms with Crippen LogP contribution in [-0.4, -0.2) is 20.2 Å². The Hall–Kier alpha value is -0.990. The number of ether oxygens (including phenoxy) is 1. The van der Waals surface area contributed by atoms with Crippen LogP contribution >= 0.6 is 12.4 Å². The lowest BCUT2D eigenvalue weighted by atomic mass is 10.0. The Morgan fingerprint density at radius 3 is 2.73 bits per heavy atom. The highest BCUT2D eigenvalue weighted by Crippen LogP contribution is 2.26. The summed E-state index contributed by atoms with van der Waals surface area (Å²) >= 11 is 0. The fraction of sp³-hybridized carbons (Fsp3) is 0.333. The van der Waals surface area contributed by atoms with Crippen molar-refractivity contribution in [3.63, 3.8) is 0 Å². The van der Waals surface area contributed by atoms with Crippen LogP contribution in [-0.2, 0) is 0 Å². The van der Waals surface area contributed by atoms with E-state index in [1.54, 1.807) is 7.11 Å². The van der Waals surface area contributed by atoms with Gasteiger partial charge in [0.2, 0.25) is 0 Å². The van der Waals surface area contributed by atoms with Crippen molar-refractivity contribution in [2.75, 3.05) is 20.2 Å². The number of hydrogen-bond donors (Lipinski definition) is 1. The number of hydrogen-bond acceptors (Lipinski definition) is 2. The van der Waals surface area contributed by atoms with Crippen molar-refractivity contribution in [1.29, 1.82) is 0 Å². The average molecular weight is 226 g/mol. The Morgan fingerprint density at radius 1 is 1.27 bits per heavy atom. The van der Waals surface area contributed by atoms with Crippen molar-refractivity contribution in [2.45, 2.75) is 6.42 Å². The van der Waals surface area contributed by atoms with Gasteiger partial charge in [-0.15, -0.1) is 12.4 Å². The molecule has 1 heterocycles. The summed E-state index contributed by atoms with van der Waals surface area (Å²) in [6.07, 6.45) is 3.39. The van der Waals surface area contributed by atoms with Crippen LogP contribution in [0.15, 0.2) is 30.3 Å². The third kappa shape index (κ3) is 2.74. The number of para-hydroxylation sites is 1. The normalized spacial score (nSPS) is 15.1. The van der Waals surface area contributed by atoms with Gasteiger partial charge in [-0.25, -0.2) is 0 Å². The van der Waals surface area contributed by atoms with Crippen LogP contribution in [0.25, 0.3) is 5.57 Å². The van der Waals surface area contributed by atoms with E-state index in [1.807, 2.05) is 18.2 Å². The zero-order valence-electron chi connectivity index (χ0n) is 8.82. The predicted octanol–water partition coefficient (Wildman–Crippen LogP) is 2.49. The molecule has 0 amide bonds. The molecule has 15 heavy (non-hydrogen) atoms. The highest BCUT2D eigenvalue weighted by Gasteiger charge is 2.09. The lowest BCUT2D eigenvalue weighted by Crippen LogP contribution is -2.21. The van der Waals surface area contributed by atoms with Gasteiger partial charge < -0.3 is 10.1 Å². The second-order valence-corrected chi connectivity index (χ2v) is 3.40. The molecule has 1 aliphatic heterocycles. The standard InChI is InChI=1S/C12H15NO.ClH/c1-14-12-7-3-2-6-11(12)10-5-4-8-13-9-10;/h2-3,5-7,13H,4,8-9H2,1H3;1H. The van der Waals surface area contributed by atoms with E-state index >= 15 is 0 Å². The molecule has 1 aliphatic rings. The molecule has 0 aromatic heterocycles. The molecule has 0 aliphatic carbocycles. The monoisotopic (exact) mass is 225 g/mol. The zero-order valence-corrected chi connectivity index (χ0v) is 9.64. The van der Waals surface area contributed by atoms with Crippen molar-refractivity contribution in [1.82, 2.24) is 5.32 Å². The Morgan fingerprint density at radius 2 is 2.07 bits per heavy atom. The van der Waals surface area contributed by atoms with Gasteiger partial charge in [-0.3, -0.25) is 0 Å². The minimum absolute atomic E-state index is 0. The Bertz CT molecular complexity index is 349. The Labute approximate surface area is 96.7 Å². The molecule has 82 valence electrons. The molecule has 0 radical (unpaired) electrons. The molecule has 2 rings (SSSR count). The van der Waals surface area contributed by atoms with Gasteiger partial charge in [0.25, 0.3) is 0 Å². The molecule has 0 fully saturated rings. The number of methoxy groups -OCH3 is 1. The summed E-state index contributed by atoms with van der Waals surface area (Å²) in [7, 11) is 1.72. The summed E-state index contributed by atoms with van der Waals surface area (Å²) in [5, 5.41) is 3.36. The lowest BCUT2D eigenvalue weighted by Gasteiger charge is -2.16. The minimum atomic E-state index is 0. The largest absolute Gasteiger partial charge is 0.496 e. The first-order chi connectivity index (χ1) is 6.92. The first kappa shape index (κ1) is 12.1. The van der Waals surface area contributed by atoms with Crippen LogP contribution in [0.4, 0.5) is 0 Å². The maximum Gasteiger partial charge on any atom is 0.126 e. The van der Waals surface area contributed by atoms with Crippen LogP contribution in [0.2, 0.25) is 0 Å². The summed E-state index contributed by atoms with van der Waals surface area (Å²) in [4.78, 5) is 0. The molecular weight excluding hydrogens is 210 g/mol. The highest BCUT2D eigenvalue weighted by atomic mass is 35.5. The maximum atomic E-state index is 5.33. The first-order valence-electron chi connectivity index (χ1n) is 4.95. The van der Waals surface area contributed by atoms with Gasteiger partial charge in [-0.05, 0) is 24.6 Å². The topological polar surface area (TPSA) is 21.3 Å². The SMILES string of the molecule is COc1ccccc1C1=CCCNC1.Cl. The predicted molar refractivity (Wildman–Crippen MR) is 65.7 cm³/mol. The number of rotatable bonds is 2. The minimum Gasteiger partial charge on any atom is -0.496 e. The molecular formula is C12H16ClNO. The average Bonchev–Trinajstić information content (AvgIpc) is 2.30. The van der Waals surface area contributed by atoms with Gasteiger partial charge in [-0.1, -0.05) is 24.3 Å². The molecule has 0 spiro atoms. The quantitative estimate of drug-likeness (QED) is 0.835. The smallest absolute Gasteiger partial charge is 0.126 e. The van der Waals surface area contributed by atoms with Gasteiger partial charge in [0.1, 0.15) is 5.75 Å². The van der Waals surface area contributed by atoms with Crippen molar-refractivity contribution < 1.29 is 4.74 Å². The van der Waals surface area contributed by atoms with Crippen LogP contribution in [0.1, 0.15) is 12.0 Å². The molecule has 0 saturated carbocycles. The fourth-order valence-corrected chi connectivity index (χ4v) is 1.76. The summed E-state index contributed by atoms with van der Waals surface area (Å²) < 4.78 is 5.33. The third-order valence-corrected chi connectivity index (χ3v) is 2.48. The summed E-state index contributed by atoms with van der Waals surface area (Å²) in [5.41, 5.74) is 2.55. The first-order valence-corrected chi connectivity index (χ1v) is 4.95. The van der Waals surface area contributed by atoms with E-state index in [-0.39, 0.29) is 12.4 Å². The van der Waals surface area contributed by atoms with Crippen LogP contribution in [0, 0.1) is 0 Å². The van der Waals surface area contributed by atoms with Crippen LogP contribution in [0.3, 0.4) is 0 Å². The maximum absolute atomic E-state index is 5.33. The van der Waals surface area contributed by atoms with E-state index in [9.17, 15) is 0 Å². The summed E-state index contributed by atoms with van der Waals surface area (Å²) in [5.74, 6) is 0.961. The summed E-state index contributed by atoms with van der Waals surface area (Å²) in [6.45, 7) is 2.03. The third-order valence-electron chi connectivity index (χ3n) is 2.48. The zero-order chi connectivity index (χ0) is 9.80. The van der Waals surface area contributed by atoms with Crippen molar-refractivity contribution in [2.24, 2.45) is 0 Å². The molecule has 3 heteroatoms. The van der Waals surface area contributed by atoms with E-state index in [2.05, 4.69) is 17.5 Å². The molecule has 1 aromatic carbocycles. The van der Waals surface area contributed by atoms with E-state index < -0.39 is 0 Å². The second kappa shape index (κ2) is 5.79. The van der Waals surface area contributed by atoms with Crippen LogP contribution < -0.4 is 10.1 Å². The highest BCUT2D eigenvalue weighted by molar-refractivity contribution is 5.85. The fourth-order valence-electron chi connectivity index (χ4n) is 1.76. The molecule has 0 bridgehead atoms. The van der Waals surface area contributed by atoms with Gasteiger partial charge >= 0.3 is 0 Å². The van der Waals surface area contributed by atoms with Gasteiger partial charge in [-0.2, -0.15) is 0 Å². The van der Waals surface area contributed by atoms with E-state index in [1.165, 1.54) is 11.1 Å². The summed E-state index contributed by atoms with van der Waals surface area (Å²) in [6, 6.07) is 8.16.